The third-order valence-electron chi connectivity index (χ3n) is 4.24. The molecule has 6 heteroatoms. The van der Waals surface area contributed by atoms with Crippen LogP contribution in [0.2, 0.25) is 0 Å². The molecule has 0 bridgehead atoms. The molecule has 1 N–H and O–H groups in total. The van der Waals surface area contributed by atoms with E-state index in [1.54, 1.807) is 24.4 Å². The van der Waals surface area contributed by atoms with Crippen LogP contribution in [0.4, 0.5) is 5.69 Å². The van der Waals surface area contributed by atoms with Crippen LogP contribution in [0.1, 0.15) is 18.4 Å². The summed E-state index contributed by atoms with van der Waals surface area (Å²) < 4.78 is 5.13. The SMILES string of the molecule is COc1ccc(N2CC(NC(=O)CCc3cccnc3)CC2=O)cc1. The average Bonchev–Trinajstić information content (AvgIpc) is 3.01. The fourth-order valence-corrected chi connectivity index (χ4v) is 2.92. The van der Waals surface area contributed by atoms with Gasteiger partial charge in [-0.05, 0) is 42.3 Å². The highest BCUT2D eigenvalue weighted by Gasteiger charge is 2.31. The second-order valence-electron chi connectivity index (χ2n) is 6.03. The van der Waals surface area contributed by atoms with Crippen molar-refractivity contribution in [2.24, 2.45) is 0 Å². The molecule has 130 valence electrons. The molecule has 3 rings (SSSR count). The van der Waals surface area contributed by atoms with Gasteiger partial charge in [-0.25, -0.2) is 0 Å². The maximum Gasteiger partial charge on any atom is 0.229 e. The van der Waals surface area contributed by atoms with Gasteiger partial charge in [-0.2, -0.15) is 0 Å². The van der Waals surface area contributed by atoms with E-state index < -0.39 is 0 Å². The summed E-state index contributed by atoms with van der Waals surface area (Å²) in [5.41, 5.74) is 1.85. The molecule has 0 spiro atoms. The zero-order chi connectivity index (χ0) is 17.6. The van der Waals surface area contributed by atoms with Crippen molar-refractivity contribution in [1.29, 1.82) is 0 Å². The first kappa shape index (κ1) is 17.0. The van der Waals surface area contributed by atoms with E-state index in [1.165, 1.54) is 0 Å². The lowest BCUT2D eigenvalue weighted by Gasteiger charge is -2.17. The van der Waals surface area contributed by atoms with Crippen molar-refractivity contribution in [2.45, 2.75) is 25.3 Å². The minimum Gasteiger partial charge on any atom is -0.497 e. The molecule has 1 atom stereocenters. The van der Waals surface area contributed by atoms with Gasteiger partial charge in [0.1, 0.15) is 5.75 Å². The predicted octanol–water partition coefficient (Wildman–Crippen LogP) is 1.94. The Bertz CT molecular complexity index is 731. The van der Waals surface area contributed by atoms with Gasteiger partial charge in [0.05, 0.1) is 13.2 Å². The van der Waals surface area contributed by atoms with Crippen LogP contribution in [0, 0.1) is 0 Å². The molecule has 2 amide bonds. The van der Waals surface area contributed by atoms with Crippen molar-refractivity contribution in [1.82, 2.24) is 10.3 Å². The number of hydrogen-bond donors (Lipinski definition) is 1. The van der Waals surface area contributed by atoms with Gasteiger partial charge in [0.2, 0.25) is 11.8 Å². The van der Waals surface area contributed by atoms with Gasteiger partial charge < -0.3 is 15.0 Å². The Labute approximate surface area is 146 Å². The van der Waals surface area contributed by atoms with Crippen molar-refractivity contribution >= 4 is 17.5 Å². The Hall–Kier alpha value is -2.89. The van der Waals surface area contributed by atoms with E-state index in [0.717, 1.165) is 17.0 Å². The van der Waals surface area contributed by atoms with Crippen LogP contribution in [-0.2, 0) is 16.0 Å². The number of methoxy groups -OCH3 is 1. The zero-order valence-corrected chi connectivity index (χ0v) is 14.1. The topological polar surface area (TPSA) is 71.5 Å². The third-order valence-corrected chi connectivity index (χ3v) is 4.24. The molecular weight excluding hydrogens is 318 g/mol. The van der Waals surface area contributed by atoms with Crippen LogP contribution in [0.5, 0.6) is 5.75 Å². The molecule has 1 fully saturated rings. The number of hydrogen-bond acceptors (Lipinski definition) is 4. The molecule has 0 radical (unpaired) electrons. The number of pyridine rings is 1. The molecule has 1 aromatic heterocycles. The van der Waals surface area contributed by atoms with E-state index in [-0.39, 0.29) is 17.9 Å². The molecule has 6 nitrogen and oxygen atoms in total. The third kappa shape index (κ3) is 4.35. The second kappa shape index (κ2) is 7.79. The largest absolute Gasteiger partial charge is 0.497 e. The van der Waals surface area contributed by atoms with E-state index >= 15 is 0 Å². The lowest BCUT2D eigenvalue weighted by Crippen LogP contribution is -2.37. The van der Waals surface area contributed by atoms with Crippen LogP contribution in [0.25, 0.3) is 0 Å². The lowest BCUT2D eigenvalue weighted by atomic mass is 10.1. The number of benzene rings is 1. The molecule has 1 aromatic carbocycles. The summed E-state index contributed by atoms with van der Waals surface area (Å²) in [5.74, 6) is 0.719. The molecule has 0 aliphatic carbocycles. The van der Waals surface area contributed by atoms with Gasteiger partial charge in [-0.3, -0.25) is 14.6 Å². The standard InChI is InChI=1S/C19H21N3O3/c1-25-17-7-5-16(6-8-17)22-13-15(11-19(22)24)21-18(23)9-4-14-3-2-10-20-12-14/h2-3,5-8,10,12,15H,4,9,11,13H2,1H3,(H,21,23). The minimum atomic E-state index is -0.156. The minimum absolute atomic E-state index is 0.0164. The first-order valence-electron chi connectivity index (χ1n) is 8.28. The Kier molecular flexibility index (Phi) is 5.28. The van der Waals surface area contributed by atoms with E-state index in [1.807, 2.05) is 36.4 Å². The maximum absolute atomic E-state index is 12.2. The van der Waals surface area contributed by atoms with Crippen LogP contribution in [0.15, 0.2) is 48.8 Å². The highest BCUT2D eigenvalue weighted by Crippen LogP contribution is 2.24. The normalized spacial score (nSPS) is 16.8. The van der Waals surface area contributed by atoms with E-state index in [0.29, 0.717) is 25.8 Å². The number of carbonyl (C=O) groups is 2. The van der Waals surface area contributed by atoms with E-state index in [9.17, 15) is 9.59 Å². The highest BCUT2D eigenvalue weighted by molar-refractivity contribution is 5.96. The Morgan fingerprint density at radius 1 is 1.32 bits per heavy atom. The Balaban J connectivity index is 1.52. The van der Waals surface area contributed by atoms with Gasteiger partial charge in [-0.15, -0.1) is 0 Å². The van der Waals surface area contributed by atoms with Gasteiger partial charge >= 0.3 is 0 Å². The van der Waals surface area contributed by atoms with Gasteiger partial charge in [0.15, 0.2) is 0 Å². The quantitative estimate of drug-likeness (QED) is 0.873. The fourth-order valence-electron chi connectivity index (χ4n) is 2.92. The fraction of sp³-hybridized carbons (Fsp3) is 0.316. The van der Waals surface area contributed by atoms with Gasteiger partial charge in [0.25, 0.3) is 0 Å². The summed E-state index contributed by atoms with van der Waals surface area (Å²) in [5, 5.41) is 2.96. The lowest BCUT2D eigenvalue weighted by molar-refractivity contribution is -0.121. The number of nitrogens with zero attached hydrogens (tertiary/aromatic N) is 2. The molecule has 2 heterocycles. The molecule has 2 aromatic rings. The molecule has 1 saturated heterocycles. The average molecular weight is 339 g/mol. The summed E-state index contributed by atoms with van der Waals surface area (Å²) >= 11 is 0. The Morgan fingerprint density at radius 3 is 2.80 bits per heavy atom. The first-order valence-corrected chi connectivity index (χ1v) is 8.28. The highest BCUT2D eigenvalue weighted by atomic mass is 16.5. The van der Waals surface area contributed by atoms with Gasteiger partial charge in [0, 0.05) is 37.5 Å². The summed E-state index contributed by atoms with van der Waals surface area (Å²) in [6.45, 7) is 0.490. The summed E-state index contributed by atoms with van der Waals surface area (Å²) in [7, 11) is 1.60. The number of ether oxygens (including phenoxy) is 1. The smallest absolute Gasteiger partial charge is 0.229 e. The number of carbonyl (C=O) groups excluding carboxylic acids is 2. The summed E-state index contributed by atoms with van der Waals surface area (Å²) in [6, 6.07) is 11.0. The van der Waals surface area contributed by atoms with Gasteiger partial charge in [-0.1, -0.05) is 6.07 Å². The van der Waals surface area contributed by atoms with Crippen molar-refractivity contribution in [3.8, 4) is 5.75 Å². The number of rotatable bonds is 6. The monoisotopic (exact) mass is 339 g/mol. The molecule has 0 saturated carbocycles. The molecular formula is C19H21N3O3. The number of anilines is 1. The summed E-state index contributed by atoms with van der Waals surface area (Å²) in [6.07, 6.45) is 4.82. The van der Waals surface area contributed by atoms with Crippen molar-refractivity contribution < 1.29 is 14.3 Å². The number of aryl methyl sites for hydroxylation is 1. The molecule has 1 aliphatic rings. The van der Waals surface area contributed by atoms with E-state index in [2.05, 4.69) is 10.3 Å². The number of amides is 2. The zero-order valence-electron chi connectivity index (χ0n) is 14.1. The molecule has 1 aliphatic heterocycles. The van der Waals surface area contributed by atoms with E-state index in [4.69, 9.17) is 4.74 Å². The van der Waals surface area contributed by atoms with Crippen LogP contribution in [0.3, 0.4) is 0 Å². The van der Waals surface area contributed by atoms with Crippen molar-refractivity contribution in [3.63, 3.8) is 0 Å². The van der Waals surface area contributed by atoms with Crippen molar-refractivity contribution in [3.05, 3.63) is 54.4 Å². The van der Waals surface area contributed by atoms with Crippen LogP contribution < -0.4 is 15.0 Å². The Morgan fingerprint density at radius 2 is 2.12 bits per heavy atom. The number of nitrogens with one attached hydrogen (secondary N) is 1. The molecule has 25 heavy (non-hydrogen) atoms. The predicted molar refractivity (Wildman–Crippen MR) is 94.5 cm³/mol. The van der Waals surface area contributed by atoms with Crippen LogP contribution >= 0.6 is 0 Å². The maximum atomic E-state index is 12.2. The second-order valence-corrected chi connectivity index (χ2v) is 6.03. The summed E-state index contributed by atoms with van der Waals surface area (Å²) in [4.78, 5) is 30.1. The first-order chi connectivity index (χ1) is 12.2. The van der Waals surface area contributed by atoms with Crippen LogP contribution in [-0.4, -0.2) is 36.5 Å². The van der Waals surface area contributed by atoms with Crippen molar-refractivity contribution in [2.75, 3.05) is 18.6 Å². The number of aromatic nitrogens is 1. The molecule has 1 unspecified atom stereocenters.